The molecule has 0 aliphatic carbocycles. The third-order valence-electron chi connectivity index (χ3n) is 3.29. The van der Waals surface area contributed by atoms with Crippen LogP contribution in [-0.2, 0) is 11.2 Å². The van der Waals surface area contributed by atoms with E-state index in [-0.39, 0.29) is 0 Å². The summed E-state index contributed by atoms with van der Waals surface area (Å²) in [6.45, 7) is 0. The summed E-state index contributed by atoms with van der Waals surface area (Å²) < 4.78 is 0. The van der Waals surface area contributed by atoms with E-state index in [1.54, 1.807) is 0 Å². The normalized spacial score (nSPS) is 14.2. The summed E-state index contributed by atoms with van der Waals surface area (Å²) in [5.74, 6) is -1.18. The number of hydrogen-bond donors (Lipinski definition) is 3. The first kappa shape index (κ1) is 13.5. The van der Waals surface area contributed by atoms with Crippen molar-refractivity contribution in [2.75, 3.05) is 0 Å². The minimum atomic E-state index is -1.23. The molecular weight excluding hydrogens is 242 g/mol. The molecule has 19 heavy (non-hydrogen) atoms. The van der Waals surface area contributed by atoms with Gasteiger partial charge in [0.1, 0.15) is 6.04 Å². The van der Waals surface area contributed by atoms with E-state index < -0.39 is 18.1 Å². The maximum atomic E-state index is 10.7. The molecule has 0 heterocycles. The lowest BCUT2D eigenvalue weighted by atomic mass is 9.98. The van der Waals surface area contributed by atoms with Crippen LogP contribution in [0.1, 0.15) is 12.0 Å². The van der Waals surface area contributed by atoms with Gasteiger partial charge in [-0.1, -0.05) is 42.5 Å². The van der Waals surface area contributed by atoms with Crippen LogP contribution in [0.5, 0.6) is 0 Å². The number of fused-ring (bicyclic) bond motifs is 1. The topological polar surface area (TPSA) is 83.6 Å². The second-order valence-electron chi connectivity index (χ2n) is 4.61. The molecule has 0 aliphatic rings. The van der Waals surface area contributed by atoms with E-state index in [0.717, 1.165) is 16.3 Å². The SMILES string of the molecule is NC(C(=O)O)C(O)CCc1cccc2ccccc12. The van der Waals surface area contributed by atoms with Gasteiger partial charge in [0.15, 0.2) is 0 Å². The summed E-state index contributed by atoms with van der Waals surface area (Å²) >= 11 is 0. The van der Waals surface area contributed by atoms with Crippen LogP contribution in [0.15, 0.2) is 42.5 Å². The smallest absolute Gasteiger partial charge is 0.323 e. The fourth-order valence-electron chi connectivity index (χ4n) is 2.16. The Labute approximate surface area is 111 Å². The van der Waals surface area contributed by atoms with E-state index >= 15 is 0 Å². The fraction of sp³-hybridized carbons (Fsp3) is 0.267. The zero-order valence-electron chi connectivity index (χ0n) is 10.5. The average Bonchev–Trinajstić information content (AvgIpc) is 2.43. The van der Waals surface area contributed by atoms with Crippen LogP contribution >= 0.6 is 0 Å². The van der Waals surface area contributed by atoms with Crippen molar-refractivity contribution < 1.29 is 15.0 Å². The number of carboxylic acid groups (broad SMARTS) is 1. The van der Waals surface area contributed by atoms with Crippen molar-refractivity contribution in [3.05, 3.63) is 48.0 Å². The van der Waals surface area contributed by atoms with Crippen LogP contribution in [0.3, 0.4) is 0 Å². The summed E-state index contributed by atoms with van der Waals surface area (Å²) in [7, 11) is 0. The largest absolute Gasteiger partial charge is 0.480 e. The highest BCUT2D eigenvalue weighted by molar-refractivity contribution is 5.85. The molecule has 2 aromatic rings. The third-order valence-corrected chi connectivity index (χ3v) is 3.29. The fourth-order valence-corrected chi connectivity index (χ4v) is 2.16. The third kappa shape index (κ3) is 3.10. The van der Waals surface area contributed by atoms with Crippen LogP contribution in [-0.4, -0.2) is 28.3 Å². The summed E-state index contributed by atoms with van der Waals surface area (Å²) in [5, 5.41) is 20.7. The number of benzene rings is 2. The van der Waals surface area contributed by atoms with Crippen molar-refractivity contribution in [3.63, 3.8) is 0 Å². The Morgan fingerprint density at radius 3 is 2.58 bits per heavy atom. The molecular formula is C15H17NO3. The molecule has 0 amide bonds. The lowest BCUT2D eigenvalue weighted by molar-refractivity contribution is -0.141. The number of hydrogen-bond acceptors (Lipinski definition) is 3. The predicted octanol–water partition coefficient (Wildman–Crippen LogP) is 1.55. The molecule has 4 nitrogen and oxygen atoms in total. The number of aryl methyl sites for hydroxylation is 1. The lowest BCUT2D eigenvalue weighted by Crippen LogP contribution is -2.41. The summed E-state index contributed by atoms with van der Waals surface area (Å²) in [4.78, 5) is 10.7. The highest BCUT2D eigenvalue weighted by Gasteiger charge is 2.21. The molecule has 0 spiro atoms. The van der Waals surface area contributed by atoms with Gasteiger partial charge in [-0.2, -0.15) is 0 Å². The van der Waals surface area contributed by atoms with Crippen LogP contribution in [0.25, 0.3) is 10.8 Å². The second-order valence-corrected chi connectivity index (χ2v) is 4.61. The van der Waals surface area contributed by atoms with Gasteiger partial charge in [0.25, 0.3) is 0 Å². The predicted molar refractivity (Wildman–Crippen MR) is 73.9 cm³/mol. The molecule has 0 fully saturated rings. The molecule has 100 valence electrons. The van der Waals surface area contributed by atoms with Crippen molar-refractivity contribution in [1.82, 2.24) is 0 Å². The Morgan fingerprint density at radius 2 is 1.84 bits per heavy atom. The maximum Gasteiger partial charge on any atom is 0.323 e. The molecule has 0 aromatic heterocycles. The Morgan fingerprint density at radius 1 is 1.16 bits per heavy atom. The van der Waals surface area contributed by atoms with E-state index in [9.17, 15) is 9.90 Å². The van der Waals surface area contributed by atoms with Crippen molar-refractivity contribution in [1.29, 1.82) is 0 Å². The first-order chi connectivity index (χ1) is 9.09. The second kappa shape index (κ2) is 5.82. The summed E-state index contributed by atoms with van der Waals surface area (Å²) in [6, 6.07) is 12.7. The number of aliphatic hydroxyl groups is 1. The first-order valence-corrected chi connectivity index (χ1v) is 6.22. The molecule has 0 aliphatic heterocycles. The Balaban J connectivity index is 2.12. The van der Waals surface area contributed by atoms with Crippen LogP contribution < -0.4 is 5.73 Å². The van der Waals surface area contributed by atoms with Crippen molar-refractivity contribution in [3.8, 4) is 0 Å². The van der Waals surface area contributed by atoms with Gasteiger partial charge in [0.2, 0.25) is 0 Å². The van der Waals surface area contributed by atoms with E-state index in [1.807, 2.05) is 42.5 Å². The Kier molecular flexibility index (Phi) is 4.14. The van der Waals surface area contributed by atoms with Crippen molar-refractivity contribution in [2.45, 2.75) is 25.0 Å². The standard InChI is InChI=1S/C15H17NO3/c16-14(15(18)19)13(17)9-8-11-6-3-5-10-4-1-2-7-12(10)11/h1-7,13-14,17H,8-9,16H2,(H,18,19). The van der Waals surface area contributed by atoms with Gasteiger partial charge in [-0.05, 0) is 29.2 Å². The molecule has 2 unspecified atom stereocenters. The molecule has 4 N–H and O–H groups in total. The van der Waals surface area contributed by atoms with Crippen molar-refractivity contribution in [2.24, 2.45) is 5.73 Å². The van der Waals surface area contributed by atoms with Gasteiger partial charge < -0.3 is 15.9 Å². The number of nitrogens with two attached hydrogens (primary N) is 1. The molecule has 2 rings (SSSR count). The minimum Gasteiger partial charge on any atom is -0.480 e. The highest BCUT2D eigenvalue weighted by atomic mass is 16.4. The summed E-state index contributed by atoms with van der Waals surface area (Å²) in [6.07, 6.45) is -0.0956. The quantitative estimate of drug-likeness (QED) is 0.760. The molecule has 0 saturated heterocycles. The lowest BCUT2D eigenvalue weighted by Gasteiger charge is -2.15. The Hall–Kier alpha value is -1.91. The number of carbonyl (C=O) groups is 1. The molecule has 0 saturated carbocycles. The van der Waals surface area contributed by atoms with Crippen LogP contribution in [0.2, 0.25) is 0 Å². The highest BCUT2D eigenvalue weighted by Crippen LogP contribution is 2.20. The number of carboxylic acids is 1. The van der Waals surface area contributed by atoms with Gasteiger partial charge in [-0.15, -0.1) is 0 Å². The van der Waals surface area contributed by atoms with Gasteiger partial charge in [0, 0.05) is 0 Å². The number of aliphatic hydroxyl groups excluding tert-OH is 1. The van der Waals surface area contributed by atoms with Crippen molar-refractivity contribution >= 4 is 16.7 Å². The van der Waals surface area contributed by atoms with E-state index in [2.05, 4.69) is 0 Å². The zero-order chi connectivity index (χ0) is 13.8. The van der Waals surface area contributed by atoms with E-state index in [0.29, 0.717) is 12.8 Å². The molecule has 0 bridgehead atoms. The van der Waals surface area contributed by atoms with Crippen LogP contribution in [0, 0.1) is 0 Å². The van der Waals surface area contributed by atoms with Gasteiger partial charge in [-0.3, -0.25) is 4.79 Å². The molecule has 2 atom stereocenters. The monoisotopic (exact) mass is 259 g/mol. The number of aliphatic carboxylic acids is 1. The molecule has 4 heteroatoms. The number of rotatable bonds is 5. The zero-order valence-corrected chi connectivity index (χ0v) is 10.5. The minimum absolute atomic E-state index is 0.335. The van der Waals surface area contributed by atoms with Crippen LogP contribution in [0.4, 0.5) is 0 Å². The summed E-state index contributed by atoms with van der Waals surface area (Å²) in [5.41, 5.74) is 6.48. The molecule has 0 radical (unpaired) electrons. The van der Waals surface area contributed by atoms with E-state index in [1.165, 1.54) is 0 Å². The molecule has 2 aromatic carbocycles. The maximum absolute atomic E-state index is 10.7. The average molecular weight is 259 g/mol. The van der Waals surface area contributed by atoms with Gasteiger partial charge in [-0.25, -0.2) is 0 Å². The van der Waals surface area contributed by atoms with E-state index in [4.69, 9.17) is 10.8 Å². The Bertz CT molecular complexity index is 577. The van der Waals surface area contributed by atoms with Gasteiger partial charge in [0.05, 0.1) is 6.10 Å². The first-order valence-electron chi connectivity index (χ1n) is 6.22. The van der Waals surface area contributed by atoms with Gasteiger partial charge >= 0.3 is 5.97 Å².